The molecular weight excluding hydrogens is 616 g/mol. The molecule has 2 heterocycles. The molecule has 0 aliphatic carbocycles. The Balaban J connectivity index is 1.14. The van der Waals surface area contributed by atoms with Crippen molar-refractivity contribution in [3.8, 4) is 17.2 Å². The molecule has 10 nitrogen and oxygen atoms in total. The van der Waals surface area contributed by atoms with Gasteiger partial charge in [-0.25, -0.2) is 5.43 Å². The molecule has 5 rings (SSSR count). The van der Waals surface area contributed by atoms with E-state index in [9.17, 15) is 14.9 Å². The lowest BCUT2D eigenvalue weighted by Gasteiger charge is -2.10. The number of hydrogen-bond donors (Lipinski definition) is 1. The number of nitrogens with zero attached hydrogens (tertiary/aromatic N) is 3. The summed E-state index contributed by atoms with van der Waals surface area (Å²) in [6.07, 6.45) is 1.30. The van der Waals surface area contributed by atoms with Crippen molar-refractivity contribution in [2.45, 2.75) is 27.1 Å². The maximum atomic E-state index is 12.5. The molecule has 5 aromatic rings. The number of aromatic nitrogens is 1. The predicted molar refractivity (Wildman–Crippen MR) is 165 cm³/mol. The number of halogens is 1. The van der Waals surface area contributed by atoms with E-state index in [0.29, 0.717) is 17.1 Å². The number of furan rings is 1. The second-order valence-electron chi connectivity index (χ2n) is 9.60. The number of carbonyl (C=O) groups is 1. The van der Waals surface area contributed by atoms with Crippen LogP contribution in [-0.2, 0) is 13.2 Å². The number of aryl methyl sites for hydroxylation is 2. The van der Waals surface area contributed by atoms with E-state index in [1.54, 1.807) is 12.1 Å². The first-order valence-electron chi connectivity index (χ1n) is 13.2. The van der Waals surface area contributed by atoms with E-state index in [4.69, 9.17) is 13.9 Å². The van der Waals surface area contributed by atoms with E-state index < -0.39 is 10.8 Å². The average Bonchev–Trinajstić information content (AvgIpc) is 3.62. The maximum absolute atomic E-state index is 12.5. The van der Waals surface area contributed by atoms with Crippen LogP contribution in [0.15, 0.2) is 105 Å². The van der Waals surface area contributed by atoms with Crippen molar-refractivity contribution in [1.82, 2.24) is 9.99 Å². The highest BCUT2D eigenvalue weighted by molar-refractivity contribution is 9.10. The first-order chi connectivity index (χ1) is 20.8. The molecule has 11 heteroatoms. The highest BCUT2D eigenvalue weighted by Gasteiger charge is 2.16. The van der Waals surface area contributed by atoms with E-state index in [-0.39, 0.29) is 30.4 Å². The van der Waals surface area contributed by atoms with E-state index in [1.165, 1.54) is 24.4 Å². The Hall–Kier alpha value is -5.16. The number of nitrogens with one attached hydrogen (secondary N) is 1. The minimum Gasteiger partial charge on any atom is -0.486 e. The SMILES string of the molecule is Cc1ccc(C)n1-c1ccc(OCc2ccc(C(=O)N/N=C/c3ccc(OCc4ccc(Br)cc4)c([N+](=O)[O-])c3)o2)cc1. The lowest BCUT2D eigenvalue weighted by molar-refractivity contribution is -0.385. The number of rotatable bonds is 11. The summed E-state index contributed by atoms with van der Waals surface area (Å²) in [6.45, 7) is 4.42. The third-order valence-corrected chi connectivity index (χ3v) is 7.03. The van der Waals surface area contributed by atoms with Gasteiger partial charge in [0.05, 0.1) is 11.1 Å². The van der Waals surface area contributed by atoms with E-state index in [0.717, 1.165) is 27.1 Å². The first kappa shape index (κ1) is 29.3. The summed E-state index contributed by atoms with van der Waals surface area (Å²) in [7, 11) is 0. The molecule has 0 saturated heterocycles. The number of carbonyl (C=O) groups excluding carboxylic acids is 1. The quantitative estimate of drug-likeness (QED) is 0.0918. The van der Waals surface area contributed by atoms with Crippen molar-refractivity contribution in [1.29, 1.82) is 0 Å². The van der Waals surface area contributed by atoms with Crippen molar-refractivity contribution in [2.24, 2.45) is 5.10 Å². The zero-order valence-electron chi connectivity index (χ0n) is 23.3. The van der Waals surface area contributed by atoms with Crippen LogP contribution < -0.4 is 14.9 Å². The summed E-state index contributed by atoms with van der Waals surface area (Å²) < 4.78 is 20.2. The Morgan fingerprint density at radius 2 is 1.67 bits per heavy atom. The van der Waals surface area contributed by atoms with Gasteiger partial charge in [-0.2, -0.15) is 5.10 Å². The van der Waals surface area contributed by atoms with Crippen LogP contribution >= 0.6 is 15.9 Å². The Bertz CT molecular complexity index is 1760. The molecule has 0 atom stereocenters. The van der Waals surface area contributed by atoms with Crippen LogP contribution in [0.4, 0.5) is 5.69 Å². The number of hydrazone groups is 1. The molecule has 43 heavy (non-hydrogen) atoms. The molecular formula is C32H27BrN4O6. The van der Waals surface area contributed by atoms with Gasteiger partial charge in [0.15, 0.2) is 11.5 Å². The van der Waals surface area contributed by atoms with Crippen LogP contribution in [0.5, 0.6) is 11.5 Å². The molecule has 0 fully saturated rings. The van der Waals surface area contributed by atoms with Crippen molar-refractivity contribution in [2.75, 3.05) is 0 Å². The lowest BCUT2D eigenvalue weighted by Crippen LogP contribution is -2.16. The lowest BCUT2D eigenvalue weighted by atomic mass is 10.2. The summed E-state index contributed by atoms with van der Waals surface area (Å²) in [5.74, 6) is 0.726. The van der Waals surface area contributed by atoms with Gasteiger partial charge in [0.25, 0.3) is 0 Å². The van der Waals surface area contributed by atoms with Gasteiger partial charge in [0.2, 0.25) is 0 Å². The van der Waals surface area contributed by atoms with Gasteiger partial charge in [-0.15, -0.1) is 0 Å². The van der Waals surface area contributed by atoms with Gasteiger partial charge in [0, 0.05) is 33.2 Å². The summed E-state index contributed by atoms with van der Waals surface area (Å²) in [6, 6.07) is 26.9. The fourth-order valence-corrected chi connectivity index (χ4v) is 4.61. The fourth-order valence-electron chi connectivity index (χ4n) is 4.34. The van der Waals surface area contributed by atoms with Crippen molar-refractivity contribution in [3.63, 3.8) is 0 Å². The first-order valence-corrected chi connectivity index (χ1v) is 14.0. The molecule has 0 saturated carbocycles. The molecule has 0 spiro atoms. The molecule has 0 unspecified atom stereocenters. The maximum Gasteiger partial charge on any atom is 0.311 e. The molecule has 2 aromatic heterocycles. The van der Waals surface area contributed by atoms with E-state index >= 15 is 0 Å². The van der Waals surface area contributed by atoms with Gasteiger partial charge in [0.1, 0.15) is 24.7 Å². The molecule has 218 valence electrons. The zero-order chi connectivity index (χ0) is 30.3. The minimum absolute atomic E-state index is 0.0485. The Morgan fingerprint density at radius 1 is 0.953 bits per heavy atom. The second kappa shape index (κ2) is 13.2. The molecule has 0 aliphatic heterocycles. The summed E-state index contributed by atoms with van der Waals surface area (Å²) in [4.78, 5) is 23.6. The topological polar surface area (TPSA) is 121 Å². The van der Waals surface area contributed by atoms with Crippen LogP contribution in [-0.4, -0.2) is 21.6 Å². The summed E-state index contributed by atoms with van der Waals surface area (Å²) in [5, 5.41) is 15.5. The van der Waals surface area contributed by atoms with Crippen LogP contribution in [0.2, 0.25) is 0 Å². The molecule has 1 N–H and O–H groups in total. The zero-order valence-corrected chi connectivity index (χ0v) is 24.9. The highest BCUT2D eigenvalue weighted by Crippen LogP contribution is 2.28. The third-order valence-electron chi connectivity index (χ3n) is 6.50. The largest absolute Gasteiger partial charge is 0.486 e. The summed E-state index contributed by atoms with van der Waals surface area (Å²) >= 11 is 3.37. The fraction of sp³-hybridized carbons (Fsp3) is 0.125. The normalized spacial score (nSPS) is 11.0. The van der Waals surface area contributed by atoms with Crippen LogP contribution in [0.3, 0.4) is 0 Å². The third kappa shape index (κ3) is 7.38. The highest BCUT2D eigenvalue weighted by atomic mass is 79.9. The van der Waals surface area contributed by atoms with Gasteiger partial charge in [-0.1, -0.05) is 28.1 Å². The second-order valence-corrected chi connectivity index (χ2v) is 10.5. The number of nitro groups is 1. The molecule has 3 aromatic carbocycles. The summed E-state index contributed by atoms with van der Waals surface area (Å²) in [5.41, 5.74) is 6.76. The smallest absolute Gasteiger partial charge is 0.311 e. The Morgan fingerprint density at radius 3 is 2.37 bits per heavy atom. The van der Waals surface area contributed by atoms with Crippen molar-refractivity contribution < 1.29 is 23.6 Å². The van der Waals surface area contributed by atoms with Gasteiger partial charge in [-0.3, -0.25) is 14.9 Å². The standard InChI is InChI=1S/C32H27BrN4O6/c1-21-3-4-22(2)36(21)26-10-12-27(13-11-26)41-20-28-14-16-31(43-28)32(38)35-34-18-24-7-15-30(29(17-24)37(39)40)42-19-23-5-8-25(33)9-6-23/h3-18H,19-20H2,1-2H3,(H,35,38)/b34-18+. The predicted octanol–water partition coefficient (Wildman–Crippen LogP) is 7.28. The number of ether oxygens (including phenoxy) is 2. The monoisotopic (exact) mass is 642 g/mol. The van der Waals surface area contributed by atoms with E-state index in [1.807, 2.05) is 48.5 Å². The molecule has 0 bridgehead atoms. The number of benzene rings is 3. The molecule has 1 amide bonds. The number of amides is 1. The van der Waals surface area contributed by atoms with Crippen LogP contribution in [0.1, 0.15) is 38.8 Å². The molecule has 0 radical (unpaired) electrons. The van der Waals surface area contributed by atoms with E-state index in [2.05, 4.69) is 57.0 Å². The van der Waals surface area contributed by atoms with Crippen LogP contribution in [0, 0.1) is 24.0 Å². The Labute approximate surface area is 255 Å². The Kier molecular flexibility index (Phi) is 9.02. The van der Waals surface area contributed by atoms with Gasteiger partial charge in [-0.05, 0) is 92.2 Å². The van der Waals surface area contributed by atoms with Crippen molar-refractivity contribution >= 4 is 33.7 Å². The molecule has 0 aliphatic rings. The van der Waals surface area contributed by atoms with Gasteiger partial charge >= 0.3 is 11.6 Å². The van der Waals surface area contributed by atoms with Gasteiger partial charge < -0.3 is 18.5 Å². The number of nitro benzene ring substituents is 1. The average molecular weight is 643 g/mol. The van der Waals surface area contributed by atoms with Crippen molar-refractivity contribution in [3.05, 3.63) is 140 Å². The number of hydrogen-bond acceptors (Lipinski definition) is 7. The minimum atomic E-state index is -0.576. The van der Waals surface area contributed by atoms with Crippen LogP contribution in [0.25, 0.3) is 5.69 Å².